The van der Waals surface area contributed by atoms with Gasteiger partial charge in [-0.25, -0.2) is 4.79 Å². The highest BCUT2D eigenvalue weighted by Gasteiger charge is 2.54. The van der Waals surface area contributed by atoms with Crippen LogP contribution in [0.2, 0.25) is 0 Å². The molecule has 13 N–H and O–H groups in total. The molecule has 0 saturated carbocycles. The zero-order chi connectivity index (χ0) is 46.3. The number of H-pyrrole nitrogens is 1. The van der Waals surface area contributed by atoms with Gasteiger partial charge in [0.15, 0.2) is 12.5 Å². The number of nitrogens with zero attached hydrogens (tertiary/aromatic N) is 1. The minimum Gasteiger partial charge on any atom is -0.480 e. The summed E-state index contributed by atoms with van der Waals surface area (Å²) in [7, 11) is 0. The molecule has 2 aliphatic heterocycles. The lowest BCUT2D eigenvalue weighted by Crippen LogP contribution is -2.57. The number of aliphatic carboxylic acids is 1. The van der Waals surface area contributed by atoms with E-state index in [0.717, 1.165) is 54.7 Å². The molecule has 21 heteroatoms. The zero-order valence-electron chi connectivity index (χ0n) is 36.9. The Hall–Kier alpha value is -2.96. The lowest BCUT2D eigenvalue weighted by atomic mass is 9.98. The molecule has 1 aromatic heterocycles. The summed E-state index contributed by atoms with van der Waals surface area (Å²) in [5.41, 5.74) is 10.1. The van der Waals surface area contributed by atoms with E-state index in [2.05, 4.69) is 22.9 Å². The van der Waals surface area contributed by atoms with Crippen molar-refractivity contribution in [2.45, 2.75) is 189 Å². The van der Waals surface area contributed by atoms with Crippen molar-refractivity contribution >= 4 is 29.5 Å². The van der Waals surface area contributed by atoms with Crippen LogP contribution in [-0.2, 0) is 28.6 Å². The van der Waals surface area contributed by atoms with Crippen molar-refractivity contribution in [3.8, 4) is 0 Å². The Morgan fingerprint density at radius 2 is 1.48 bits per heavy atom. The number of carboxylic acids is 1. The summed E-state index contributed by atoms with van der Waals surface area (Å²) in [6.07, 6.45) is 5.44. The van der Waals surface area contributed by atoms with E-state index in [1.807, 2.05) is 11.2 Å². The fraction of sp³-hybridized carbons (Fsp3) is 0.833. The average molecular weight is 918 g/mol. The second-order valence-electron chi connectivity index (χ2n) is 16.6. The zero-order valence-corrected chi connectivity index (χ0v) is 37.8. The molecule has 0 radical (unpaired) electrons. The van der Waals surface area contributed by atoms with E-state index < -0.39 is 102 Å². The van der Waals surface area contributed by atoms with E-state index >= 15 is 0 Å². The summed E-state index contributed by atoms with van der Waals surface area (Å²) in [5, 5.41) is 62.1. The van der Waals surface area contributed by atoms with Gasteiger partial charge in [-0.2, -0.15) is 11.8 Å². The second kappa shape index (κ2) is 29.5. The molecule has 20 nitrogen and oxygen atoms in total. The molecule has 2 saturated heterocycles. The number of nitrogens with one attached hydrogen (secondary N) is 4. The number of aliphatic hydroxyl groups excluding tert-OH is 4. The third-order valence-electron chi connectivity index (χ3n) is 11.6. The number of thioether (sulfide) groups is 1. The Labute approximate surface area is 374 Å². The smallest absolute Gasteiger partial charge is 0.330 e. The van der Waals surface area contributed by atoms with Gasteiger partial charge in [-0.15, -0.1) is 0 Å². The first-order valence-electron chi connectivity index (χ1n) is 22.7. The van der Waals surface area contributed by atoms with E-state index in [4.69, 9.17) is 25.7 Å². The molecule has 0 unspecified atom stereocenters. The minimum absolute atomic E-state index is 0.0520. The molecule has 1 aromatic rings. The molecule has 0 bridgehead atoms. The number of carbonyl (C=O) groups excluding carboxylic acids is 2. The number of rotatable bonds is 33. The lowest BCUT2D eigenvalue weighted by Gasteiger charge is -2.33. The third kappa shape index (κ3) is 17.7. The lowest BCUT2D eigenvalue weighted by molar-refractivity contribution is -0.228. The number of ether oxygens (including phenoxy) is 3. The van der Waals surface area contributed by atoms with Crippen LogP contribution in [0.5, 0.6) is 0 Å². The molecule has 0 aliphatic carbocycles. The number of hydrogen-bond donors (Lipinski definition) is 11. The predicted molar refractivity (Wildman–Crippen MR) is 237 cm³/mol. The van der Waals surface area contributed by atoms with E-state index in [0.29, 0.717) is 12.8 Å². The second-order valence-corrected chi connectivity index (χ2v) is 17.6. The number of carboxylic acid groups (broad SMARTS) is 1. The Morgan fingerprint density at radius 1 is 0.841 bits per heavy atom. The van der Waals surface area contributed by atoms with Gasteiger partial charge < -0.3 is 67.2 Å². The topological polar surface area (TPSA) is 323 Å². The van der Waals surface area contributed by atoms with Crippen molar-refractivity contribution in [2.24, 2.45) is 11.5 Å². The molecule has 63 heavy (non-hydrogen) atoms. The van der Waals surface area contributed by atoms with E-state index in [1.165, 1.54) is 57.8 Å². The Bertz CT molecular complexity index is 1610. The Morgan fingerprint density at radius 3 is 2.05 bits per heavy atom. The van der Waals surface area contributed by atoms with Crippen molar-refractivity contribution in [2.75, 3.05) is 31.6 Å². The van der Waals surface area contributed by atoms with Crippen LogP contribution in [0.1, 0.15) is 122 Å². The maximum atomic E-state index is 13.5. The van der Waals surface area contributed by atoms with Gasteiger partial charge in [0, 0.05) is 25.4 Å². The molecule has 2 fully saturated rings. The molecular weight excluding hydrogens is 843 g/mol. The number of aromatic nitrogens is 2. The summed E-state index contributed by atoms with van der Waals surface area (Å²) in [6.45, 7) is 2.02. The SMILES string of the molecule is CCCCCCCCCCCCCCC[C@H](NC(=O)[C@@H](N)CCCSC)C(=O)NCCCN[C@H](C(=O)O)[C@H](O[C@@H]1O[C@H](CN)[C@@H](O)[C@H]1O)[C@H]1O[C@@H](n2ccc(=O)[nH]c2=O)[C@H](O)[C@@H]1O. The first-order chi connectivity index (χ1) is 30.2. The molecule has 2 aliphatic rings. The fourth-order valence-electron chi connectivity index (χ4n) is 7.85. The summed E-state index contributed by atoms with van der Waals surface area (Å²) in [4.78, 5) is 65.5. The van der Waals surface area contributed by atoms with Crippen molar-refractivity contribution in [1.29, 1.82) is 0 Å². The van der Waals surface area contributed by atoms with Gasteiger partial charge in [0.2, 0.25) is 11.8 Å². The molecule has 0 aromatic carbocycles. The number of aromatic amines is 1. The van der Waals surface area contributed by atoms with Crippen molar-refractivity contribution < 1.29 is 54.1 Å². The van der Waals surface area contributed by atoms with Gasteiger partial charge in [0.1, 0.15) is 54.8 Å². The highest BCUT2D eigenvalue weighted by Crippen LogP contribution is 2.34. The summed E-state index contributed by atoms with van der Waals surface area (Å²) in [6, 6.07) is -2.32. The monoisotopic (exact) mass is 918 g/mol. The quantitative estimate of drug-likeness (QED) is 0.0411. The number of amides is 2. The van der Waals surface area contributed by atoms with Crippen LogP contribution >= 0.6 is 11.8 Å². The van der Waals surface area contributed by atoms with Crippen molar-refractivity contribution in [1.82, 2.24) is 25.5 Å². The van der Waals surface area contributed by atoms with Crippen molar-refractivity contribution in [3.63, 3.8) is 0 Å². The maximum Gasteiger partial charge on any atom is 0.330 e. The number of nitrogens with two attached hydrogens (primary N) is 2. The first-order valence-corrected chi connectivity index (χ1v) is 24.1. The summed E-state index contributed by atoms with van der Waals surface area (Å²) in [5.74, 6) is -1.46. The van der Waals surface area contributed by atoms with Crippen LogP contribution in [0.25, 0.3) is 0 Å². The number of carbonyl (C=O) groups is 3. The van der Waals surface area contributed by atoms with Gasteiger partial charge in [0.25, 0.3) is 5.56 Å². The Balaban J connectivity index is 1.61. The molecule has 362 valence electrons. The van der Waals surface area contributed by atoms with E-state index in [9.17, 15) is 49.5 Å². The van der Waals surface area contributed by atoms with Gasteiger partial charge in [-0.1, -0.05) is 90.4 Å². The van der Waals surface area contributed by atoms with Crippen LogP contribution in [0.3, 0.4) is 0 Å². The normalized spacial score (nSPS) is 25.4. The average Bonchev–Trinajstić information content (AvgIpc) is 3.70. The van der Waals surface area contributed by atoms with Crippen molar-refractivity contribution in [3.05, 3.63) is 33.1 Å². The molecule has 3 rings (SSSR count). The van der Waals surface area contributed by atoms with Gasteiger partial charge in [0.05, 0.1) is 6.04 Å². The van der Waals surface area contributed by atoms with Crippen LogP contribution in [0, 0.1) is 0 Å². The third-order valence-corrected chi connectivity index (χ3v) is 12.3. The Kier molecular flexibility index (Phi) is 25.5. The molecular formula is C42H75N7O13S. The number of aliphatic hydroxyl groups is 4. The summed E-state index contributed by atoms with van der Waals surface area (Å²) < 4.78 is 18.1. The predicted octanol–water partition coefficient (Wildman–Crippen LogP) is -0.0679. The molecule has 0 spiro atoms. The molecule has 2 amide bonds. The van der Waals surface area contributed by atoms with Crippen LogP contribution in [0.15, 0.2) is 21.9 Å². The van der Waals surface area contributed by atoms with Gasteiger partial charge >= 0.3 is 11.7 Å². The van der Waals surface area contributed by atoms with Gasteiger partial charge in [-0.3, -0.25) is 28.7 Å². The fourth-order valence-corrected chi connectivity index (χ4v) is 8.31. The minimum atomic E-state index is -1.86. The summed E-state index contributed by atoms with van der Waals surface area (Å²) >= 11 is 1.66. The maximum absolute atomic E-state index is 13.5. The van der Waals surface area contributed by atoms with E-state index in [1.54, 1.807) is 11.8 Å². The first kappa shape index (κ1) is 54.4. The molecule has 3 heterocycles. The largest absolute Gasteiger partial charge is 0.480 e. The van der Waals surface area contributed by atoms with Crippen LogP contribution in [-0.4, -0.2) is 152 Å². The number of hydrogen-bond acceptors (Lipinski definition) is 16. The van der Waals surface area contributed by atoms with Gasteiger partial charge in [-0.05, 0) is 44.2 Å². The standard InChI is InChI=1S/C42H75N7O13S/c1-3-4-5-6-7-8-9-10-11-12-13-14-15-19-27(47-37(55)26(44)18-16-24-63-2)38(56)46-22-17-21-45-30(40(57)58)35(62-41-34(54)31(51)28(25-43)60-41)36-32(52)33(53)39(61-36)49-23-20-29(50)48-42(49)59/h20,23,26-28,30-36,39,41,45,51-54H,3-19,21-22,24-25,43-44H2,1-2H3,(H,46,56)(H,47,55)(H,57,58)(H,48,50,59)/t26-,27-,28+,30-,31+,32-,33+,34+,35-,36-,39+,41-/m0/s1. The van der Waals surface area contributed by atoms with Crippen LogP contribution in [0.4, 0.5) is 0 Å². The number of unbranched alkanes of at least 4 members (excludes halogenated alkanes) is 12. The highest BCUT2D eigenvalue weighted by atomic mass is 32.2. The molecule has 12 atom stereocenters. The van der Waals surface area contributed by atoms with E-state index in [-0.39, 0.29) is 26.1 Å². The highest BCUT2D eigenvalue weighted by molar-refractivity contribution is 7.98. The van der Waals surface area contributed by atoms with Crippen LogP contribution < -0.4 is 38.7 Å².